The van der Waals surface area contributed by atoms with Crippen LogP contribution in [0.15, 0.2) is 42.7 Å². The molecule has 6 nitrogen and oxygen atoms in total. The molecule has 0 radical (unpaired) electrons. The number of aromatic nitrogens is 3. The summed E-state index contributed by atoms with van der Waals surface area (Å²) in [5.74, 6) is 1.28. The van der Waals surface area contributed by atoms with Crippen LogP contribution in [0.25, 0.3) is 5.65 Å². The molecule has 168 valence electrons. The van der Waals surface area contributed by atoms with Crippen LogP contribution in [-0.2, 0) is 0 Å². The summed E-state index contributed by atoms with van der Waals surface area (Å²) in [7, 11) is 2.25. The van der Waals surface area contributed by atoms with E-state index < -0.39 is 0 Å². The van der Waals surface area contributed by atoms with Crippen molar-refractivity contribution in [2.45, 2.75) is 57.2 Å². The topological polar surface area (TPSA) is 39.9 Å². The normalized spacial score (nSPS) is 25.5. The van der Waals surface area contributed by atoms with E-state index in [9.17, 15) is 0 Å². The van der Waals surface area contributed by atoms with Crippen molar-refractivity contribution in [1.82, 2.24) is 24.2 Å². The molecule has 3 aliphatic rings. The smallest absolute Gasteiger partial charge is 0.138 e. The van der Waals surface area contributed by atoms with Crippen molar-refractivity contribution in [3.05, 3.63) is 59.7 Å². The van der Waals surface area contributed by atoms with Crippen LogP contribution in [0.5, 0.6) is 0 Å². The van der Waals surface area contributed by atoms with Crippen molar-refractivity contribution < 1.29 is 0 Å². The Morgan fingerprint density at radius 2 is 1.72 bits per heavy atom. The standard InChI is InChI=1S/C26H34N6/c1-19-6-5-13-27-26(19)23-8-3-7-22(29(23)2)21-18-32-24(28-21)9-4-10-25(32)31-16-14-30(15-17-31)20-11-12-20/h4-6,9-10,13,18,20,22-23H,3,7-8,11-12,14-17H2,1-2H3/t22?,23-/m0/s1. The summed E-state index contributed by atoms with van der Waals surface area (Å²) in [5.41, 5.74) is 4.76. The Morgan fingerprint density at radius 3 is 2.50 bits per heavy atom. The second-order valence-corrected chi connectivity index (χ2v) is 9.87. The molecule has 1 aliphatic carbocycles. The van der Waals surface area contributed by atoms with E-state index in [-0.39, 0.29) is 0 Å². The Balaban J connectivity index is 1.27. The highest BCUT2D eigenvalue weighted by Crippen LogP contribution is 2.40. The molecule has 0 N–H and O–H groups in total. The Bertz CT molecular complexity index is 1090. The van der Waals surface area contributed by atoms with Crippen molar-refractivity contribution >= 4 is 11.5 Å². The lowest BCUT2D eigenvalue weighted by Crippen LogP contribution is -2.47. The lowest BCUT2D eigenvalue weighted by atomic mass is 9.91. The minimum atomic E-state index is 0.328. The second-order valence-electron chi connectivity index (χ2n) is 9.87. The second kappa shape index (κ2) is 8.16. The van der Waals surface area contributed by atoms with Crippen molar-refractivity contribution in [2.24, 2.45) is 0 Å². The molecule has 0 spiro atoms. The number of nitrogens with zero attached hydrogens (tertiary/aromatic N) is 6. The highest BCUT2D eigenvalue weighted by Gasteiger charge is 2.34. The summed E-state index contributed by atoms with van der Waals surface area (Å²) in [5, 5.41) is 0. The Kier molecular flexibility index (Phi) is 5.15. The van der Waals surface area contributed by atoms with Crippen LogP contribution in [0, 0.1) is 6.92 Å². The van der Waals surface area contributed by atoms with Gasteiger partial charge in [0.05, 0.1) is 23.5 Å². The lowest BCUT2D eigenvalue weighted by Gasteiger charge is -2.39. The number of pyridine rings is 2. The first-order chi connectivity index (χ1) is 15.7. The summed E-state index contributed by atoms with van der Waals surface area (Å²) in [4.78, 5) is 17.6. The molecular weight excluding hydrogens is 396 g/mol. The molecule has 2 saturated heterocycles. The molecule has 3 fully saturated rings. The van der Waals surface area contributed by atoms with E-state index in [1.165, 1.54) is 55.1 Å². The van der Waals surface area contributed by atoms with Gasteiger partial charge in [-0.2, -0.15) is 0 Å². The fourth-order valence-corrected chi connectivity index (χ4v) is 5.85. The van der Waals surface area contributed by atoms with Gasteiger partial charge in [0.15, 0.2) is 0 Å². The summed E-state index contributed by atoms with van der Waals surface area (Å²) in [6.07, 6.45) is 10.5. The van der Waals surface area contributed by atoms with E-state index in [0.717, 1.165) is 37.6 Å². The van der Waals surface area contributed by atoms with Crippen LogP contribution >= 0.6 is 0 Å². The van der Waals surface area contributed by atoms with Crippen molar-refractivity contribution in [3.8, 4) is 0 Å². The molecule has 6 heteroatoms. The van der Waals surface area contributed by atoms with Gasteiger partial charge in [0.25, 0.3) is 0 Å². The van der Waals surface area contributed by atoms with Crippen LogP contribution in [-0.4, -0.2) is 63.4 Å². The SMILES string of the molecule is Cc1cccnc1[C@@H]1CCCC(c2cn3c(N4CCN(C5CC5)CC4)cccc3n2)N1C. The van der Waals surface area contributed by atoms with Gasteiger partial charge in [0, 0.05) is 44.6 Å². The third kappa shape index (κ3) is 3.59. The van der Waals surface area contributed by atoms with Crippen molar-refractivity contribution in [2.75, 3.05) is 38.1 Å². The third-order valence-electron chi connectivity index (χ3n) is 7.84. The van der Waals surface area contributed by atoms with Gasteiger partial charge < -0.3 is 4.90 Å². The highest BCUT2D eigenvalue weighted by molar-refractivity contribution is 5.53. The number of likely N-dealkylation sites (tertiary alicyclic amines) is 1. The van der Waals surface area contributed by atoms with Gasteiger partial charge in [-0.3, -0.25) is 19.2 Å². The number of rotatable bonds is 4. The number of piperazine rings is 1. The molecule has 5 heterocycles. The molecule has 2 aliphatic heterocycles. The van der Waals surface area contributed by atoms with Crippen LogP contribution in [0.3, 0.4) is 0 Å². The first kappa shape index (κ1) is 20.2. The van der Waals surface area contributed by atoms with Gasteiger partial charge in [0.2, 0.25) is 0 Å². The number of imidazole rings is 1. The number of hydrogen-bond donors (Lipinski definition) is 0. The zero-order valence-electron chi connectivity index (χ0n) is 19.3. The molecule has 6 rings (SSSR count). The van der Waals surface area contributed by atoms with Crippen LogP contribution in [0.4, 0.5) is 5.82 Å². The average molecular weight is 431 g/mol. The van der Waals surface area contributed by atoms with E-state index in [1.807, 2.05) is 12.3 Å². The summed E-state index contributed by atoms with van der Waals surface area (Å²) in [6, 6.07) is 12.3. The Labute approximate surface area is 190 Å². The number of fused-ring (bicyclic) bond motifs is 1. The average Bonchev–Trinajstić information content (AvgIpc) is 3.58. The van der Waals surface area contributed by atoms with Gasteiger partial charge in [-0.15, -0.1) is 0 Å². The van der Waals surface area contributed by atoms with Gasteiger partial charge in [-0.1, -0.05) is 12.1 Å². The molecule has 1 saturated carbocycles. The summed E-state index contributed by atoms with van der Waals surface area (Å²) in [6.45, 7) is 6.75. The monoisotopic (exact) mass is 430 g/mol. The molecular formula is C26H34N6. The molecule has 0 amide bonds. The number of piperidine rings is 1. The minimum Gasteiger partial charge on any atom is -0.355 e. The lowest BCUT2D eigenvalue weighted by molar-refractivity contribution is 0.109. The van der Waals surface area contributed by atoms with Gasteiger partial charge in [0.1, 0.15) is 11.5 Å². The maximum absolute atomic E-state index is 5.11. The van der Waals surface area contributed by atoms with E-state index in [0.29, 0.717) is 12.1 Å². The first-order valence-electron chi connectivity index (χ1n) is 12.3. The molecule has 32 heavy (non-hydrogen) atoms. The fraction of sp³-hybridized carbons (Fsp3) is 0.538. The zero-order valence-corrected chi connectivity index (χ0v) is 19.3. The van der Waals surface area contributed by atoms with Gasteiger partial charge >= 0.3 is 0 Å². The van der Waals surface area contributed by atoms with E-state index in [1.54, 1.807) is 0 Å². The third-order valence-corrected chi connectivity index (χ3v) is 7.84. The van der Waals surface area contributed by atoms with Crippen molar-refractivity contribution in [1.29, 1.82) is 0 Å². The molecule has 0 bridgehead atoms. The van der Waals surface area contributed by atoms with Gasteiger partial charge in [-0.25, -0.2) is 4.98 Å². The fourth-order valence-electron chi connectivity index (χ4n) is 5.85. The predicted molar refractivity (Wildman–Crippen MR) is 128 cm³/mol. The van der Waals surface area contributed by atoms with Crippen LogP contribution < -0.4 is 4.90 Å². The summed E-state index contributed by atoms with van der Waals surface area (Å²) < 4.78 is 2.32. The maximum atomic E-state index is 5.11. The van der Waals surface area contributed by atoms with Crippen molar-refractivity contribution in [3.63, 3.8) is 0 Å². The zero-order chi connectivity index (χ0) is 21.7. The molecule has 3 aromatic heterocycles. The number of aryl methyl sites for hydroxylation is 1. The largest absolute Gasteiger partial charge is 0.355 e. The minimum absolute atomic E-state index is 0.328. The first-order valence-corrected chi connectivity index (χ1v) is 12.3. The molecule has 0 aromatic carbocycles. The van der Waals surface area contributed by atoms with Crippen LogP contribution in [0.1, 0.15) is 61.1 Å². The molecule has 2 atom stereocenters. The quantitative estimate of drug-likeness (QED) is 0.620. The molecule has 1 unspecified atom stereocenters. The van der Waals surface area contributed by atoms with E-state index >= 15 is 0 Å². The van der Waals surface area contributed by atoms with Crippen LogP contribution in [0.2, 0.25) is 0 Å². The number of anilines is 1. The maximum Gasteiger partial charge on any atom is 0.138 e. The molecule has 3 aromatic rings. The highest BCUT2D eigenvalue weighted by atomic mass is 15.3. The Morgan fingerprint density at radius 1 is 0.906 bits per heavy atom. The Hall–Kier alpha value is -2.44. The number of hydrogen-bond acceptors (Lipinski definition) is 5. The predicted octanol–water partition coefficient (Wildman–Crippen LogP) is 4.22. The summed E-state index contributed by atoms with van der Waals surface area (Å²) >= 11 is 0. The van der Waals surface area contributed by atoms with E-state index in [2.05, 4.69) is 63.5 Å². The van der Waals surface area contributed by atoms with E-state index in [4.69, 9.17) is 9.97 Å². The van der Waals surface area contributed by atoms with Gasteiger partial charge in [-0.05, 0) is 69.8 Å².